The molecular weight excluding hydrogens is 384 g/mol. The second-order valence-electron chi connectivity index (χ2n) is 11.0. The molecule has 1 fully saturated rings. The van der Waals surface area contributed by atoms with Gasteiger partial charge in [0.1, 0.15) is 0 Å². The predicted octanol–water partition coefficient (Wildman–Crippen LogP) is 5.38. The highest BCUT2D eigenvalue weighted by molar-refractivity contribution is 7.00. The second kappa shape index (κ2) is 7.61. The molecule has 0 N–H and O–H groups in total. The van der Waals surface area contributed by atoms with Gasteiger partial charge in [0.15, 0.2) is 0 Å². The fourth-order valence-corrected chi connectivity index (χ4v) is 10.9. The highest BCUT2D eigenvalue weighted by Gasteiger charge is 2.60. The number of hydrogen-bond acceptors (Lipinski definition) is 2. The van der Waals surface area contributed by atoms with E-state index in [1.54, 1.807) is 0 Å². The molecular formula is C27H40O2Si. The van der Waals surface area contributed by atoms with Gasteiger partial charge in [0.25, 0.3) is 8.32 Å². The van der Waals surface area contributed by atoms with Crippen molar-refractivity contribution in [3.8, 4) is 0 Å². The molecule has 1 aliphatic heterocycles. The van der Waals surface area contributed by atoms with Crippen molar-refractivity contribution in [1.82, 2.24) is 0 Å². The Kier molecular flexibility index (Phi) is 5.90. The quantitative estimate of drug-likeness (QED) is 0.603. The summed E-state index contributed by atoms with van der Waals surface area (Å²) in [6, 6.07) is 9.24. The third-order valence-electron chi connectivity index (χ3n) is 6.76. The van der Waals surface area contributed by atoms with Gasteiger partial charge < -0.3 is 9.16 Å². The van der Waals surface area contributed by atoms with E-state index in [0.29, 0.717) is 6.61 Å². The van der Waals surface area contributed by atoms with Crippen molar-refractivity contribution in [1.29, 1.82) is 0 Å². The Morgan fingerprint density at radius 3 is 1.43 bits per heavy atom. The standard InChI is InChI=1S/C27H40O2Si/c1-17-12-19(3)24(20(4)13-17)30(25-21(5)14-18(2)15-22(25)6)27(10,11)29-23(16-28-30)26(7,8)9/h12-15,23H,16H2,1-11H3. The lowest BCUT2D eigenvalue weighted by Gasteiger charge is -2.54. The largest absolute Gasteiger partial charge is 0.403 e. The minimum atomic E-state index is -2.73. The van der Waals surface area contributed by atoms with Gasteiger partial charge in [-0.05, 0) is 93.4 Å². The van der Waals surface area contributed by atoms with Gasteiger partial charge in [0.05, 0.1) is 17.9 Å². The van der Waals surface area contributed by atoms with Crippen molar-refractivity contribution in [3.63, 3.8) is 0 Å². The molecule has 0 radical (unpaired) electrons. The van der Waals surface area contributed by atoms with E-state index in [-0.39, 0.29) is 11.5 Å². The van der Waals surface area contributed by atoms with Gasteiger partial charge in [-0.3, -0.25) is 0 Å². The number of ether oxygens (including phenoxy) is 1. The summed E-state index contributed by atoms with van der Waals surface area (Å²) in [6.07, 6.45) is 0.0743. The van der Waals surface area contributed by atoms with Crippen molar-refractivity contribution in [3.05, 3.63) is 57.6 Å². The van der Waals surface area contributed by atoms with E-state index in [1.165, 1.54) is 43.8 Å². The Bertz CT molecular complexity index is 862. The van der Waals surface area contributed by atoms with Crippen LogP contribution in [-0.4, -0.2) is 26.3 Å². The fraction of sp³-hybridized carbons (Fsp3) is 0.556. The van der Waals surface area contributed by atoms with Crippen LogP contribution in [0.2, 0.25) is 0 Å². The van der Waals surface area contributed by atoms with E-state index in [4.69, 9.17) is 9.16 Å². The zero-order valence-corrected chi connectivity index (χ0v) is 21.9. The molecule has 1 heterocycles. The zero-order valence-electron chi connectivity index (χ0n) is 20.9. The first-order valence-electron chi connectivity index (χ1n) is 11.2. The molecule has 1 unspecified atom stereocenters. The lowest BCUT2D eigenvalue weighted by molar-refractivity contribution is -0.129. The Morgan fingerprint density at radius 2 is 1.13 bits per heavy atom. The molecule has 2 aromatic rings. The first-order valence-corrected chi connectivity index (χ1v) is 13.1. The van der Waals surface area contributed by atoms with Crippen LogP contribution in [0, 0.1) is 47.0 Å². The second-order valence-corrected chi connectivity index (χ2v) is 14.9. The SMILES string of the molecule is Cc1cc(C)c([Si]2(c3c(C)cc(C)cc3C)OCC(C(C)(C)C)OC2(C)C)c(C)c1. The highest BCUT2D eigenvalue weighted by Crippen LogP contribution is 2.39. The number of aryl methyl sites for hydroxylation is 6. The van der Waals surface area contributed by atoms with Crippen LogP contribution in [0.3, 0.4) is 0 Å². The first kappa shape index (κ1) is 23.2. The van der Waals surface area contributed by atoms with E-state index in [9.17, 15) is 0 Å². The number of rotatable bonds is 2. The van der Waals surface area contributed by atoms with Gasteiger partial charge in [-0.15, -0.1) is 0 Å². The normalized spacial score (nSPS) is 21.0. The molecule has 0 saturated carbocycles. The summed E-state index contributed by atoms with van der Waals surface area (Å²) in [5, 5.41) is 2.37. The third kappa shape index (κ3) is 3.70. The summed E-state index contributed by atoms with van der Waals surface area (Å²) in [7, 11) is -2.73. The predicted molar refractivity (Wildman–Crippen MR) is 131 cm³/mol. The smallest absolute Gasteiger partial charge is 0.288 e. The van der Waals surface area contributed by atoms with E-state index in [0.717, 1.165) is 0 Å². The molecule has 0 aliphatic carbocycles. The molecule has 1 aliphatic rings. The average Bonchev–Trinajstić information content (AvgIpc) is 2.53. The molecule has 0 bridgehead atoms. The van der Waals surface area contributed by atoms with Gasteiger partial charge in [0, 0.05) is 0 Å². The molecule has 30 heavy (non-hydrogen) atoms. The van der Waals surface area contributed by atoms with Crippen LogP contribution in [0.4, 0.5) is 0 Å². The Morgan fingerprint density at radius 1 is 0.767 bits per heavy atom. The van der Waals surface area contributed by atoms with Crippen LogP contribution >= 0.6 is 0 Å². The van der Waals surface area contributed by atoms with Crippen molar-refractivity contribution in [2.75, 3.05) is 6.61 Å². The molecule has 1 atom stereocenters. The molecule has 1 saturated heterocycles. The topological polar surface area (TPSA) is 18.5 Å². The molecule has 2 nitrogen and oxygen atoms in total. The monoisotopic (exact) mass is 424 g/mol. The molecule has 2 aromatic carbocycles. The molecule has 0 spiro atoms. The van der Waals surface area contributed by atoms with Gasteiger partial charge >= 0.3 is 0 Å². The lowest BCUT2D eigenvalue weighted by Crippen LogP contribution is -2.79. The van der Waals surface area contributed by atoms with Crippen molar-refractivity contribution >= 4 is 18.7 Å². The summed E-state index contributed by atoms with van der Waals surface area (Å²) in [5.41, 5.74) is 7.93. The minimum Gasteiger partial charge on any atom is -0.403 e. The zero-order chi connectivity index (χ0) is 22.6. The minimum absolute atomic E-state index is 0.0343. The van der Waals surface area contributed by atoms with Crippen LogP contribution in [0.1, 0.15) is 68.0 Å². The van der Waals surface area contributed by atoms with Gasteiger partial charge in [0.2, 0.25) is 0 Å². The van der Waals surface area contributed by atoms with E-state index in [2.05, 4.69) is 100 Å². The maximum Gasteiger partial charge on any atom is 0.288 e. The molecule has 3 heteroatoms. The van der Waals surface area contributed by atoms with E-state index < -0.39 is 13.5 Å². The fourth-order valence-electron chi connectivity index (χ4n) is 5.62. The molecule has 3 rings (SSSR count). The molecule has 164 valence electrons. The molecule has 0 aromatic heterocycles. The van der Waals surface area contributed by atoms with E-state index >= 15 is 0 Å². The maximum atomic E-state index is 7.21. The Hall–Kier alpha value is -1.42. The summed E-state index contributed by atoms with van der Waals surface area (Å²) in [4.78, 5) is 0. The summed E-state index contributed by atoms with van der Waals surface area (Å²) in [6.45, 7) is 25.3. The van der Waals surface area contributed by atoms with Crippen molar-refractivity contribution < 1.29 is 9.16 Å². The van der Waals surface area contributed by atoms with Crippen LogP contribution in [0.25, 0.3) is 0 Å². The number of benzene rings is 2. The van der Waals surface area contributed by atoms with Crippen molar-refractivity contribution in [2.45, 2.75) is 87.5 Å². The Balaban J connectivity index is 2.39. The highest BCUT2D eigenvalue weighted by atomic mass is 28.4. The van der Waals surface area contributed by atoms with Gasteiger partial charge in [-0.1, -0.05) is 56.2 Å². The number of hydrogen-bond donors (Lipinski definition) is 0. The maximum absolute atomic E-state index is 7.21. The third-order valence-corrected chi connectivity index (χ3v) is 12.2. The van der Waals surface area contributed by atoms with Gasteiger partial charge in [-0.25, -0.2) is 0 Å². The first-order chi connectivity index (χ1) is 13.7. The molecule has 0 amide bonds. The van der Waals surface area contributed by atoms with Crippen LogP contribution in [0.5, 0.6) is 0 Å². The van der Waals surface area contributed by atoms with Crippen LogP contribution in [-0.2, 0) is 9.16 Å². The summed E-state index contributed by atoms with van der Waals surface area (Å²) >= 11 is 0. The van der Waals surface area contributed by atoms with Crippen molar-refractivity contribution in [2.24, 2.45) is 5.41 Å². The Labute approximate surface area is 185 Å². The average molecular weight is 425 g/mol. The summed E-state index contributed by atoms with van der Waals surface area (Å²) < 4.78 is 14.2. The van der Waals surface area contributed by atoms with Gasteiger partial charge in [-0.2, -0.15) is 0 Å². The lowest BCUT2D eigenvalue weighted by atomic mass is 9.89. The van der Waals surface area contributed by atoms with Crippen LogP contribution < -0.4 is 10.4 Å². The summed E-state index contributed by atoms with van der Waals surface area (Å²) in [5.74, 6) is 0. The van der Waals surface area contributed by atoms with Crippen LogP contribution in [0.15, 0.2) is 24.3 Å². The van der Waals surface area contributed by atoms with E-state index in [1.807, 2.05) is 0 Å².